The maximum Gasteiger partial charge on any atom is 0.139 e. The zero-order valence-electron chi connectivity index (χ0n) is 8.39. The average Bonchev–Trinajstić information content (AvgIpc) is 2.09. The van der Waals surface area contributed by atoms with Crippen molar-refractivity contribution in [1.82, 2.24) is 0 Å². The van der Waals surface area contributed by atoms with Crippen LogP contribution in [0.2, 0.25) is 0 Å². The third kappa shape index (κ3) is 1.77. The molecule has 0 heterocycles. The van der Waals surface area contributed by atoms with Crippen LogP contribution in [0.3, 0.4) is 0 Å². The standard InChI is InChI=1S/C9H13B2NO/c1-5-3-7(13)6(4-12-2)9(11)8(5)10/h3,13H,2,4,10-11H2,1H3. The first-order valence-electron chi connectivity index (χ1n) is 4.29. The van der Waals surface area contributed by atoms with E-state index in [2.05, 4.69) is 19.6 Å². The van der Waals surface area contributed by atoms with Crippen LogP contribution >= 0.6 is 0 Å². The van der Waals surface area contributed by atoms with Crippen LogP contribution in [0.4, 0.5) is 0 Å². The highest BCUT2D eigenvalue weighted by atomic mass is 16.3. The molecule has 0 fully saturated rings. The molecule has 0 aliphatic heterocycles. The molecular weight excluding hydrogens is 160 g/mol. The summed E-state index contributed by atoms with van der Waals surface area (Å²) in [6.07, 6.45) is 0. The second-order valence-corrected chi connectivity index (χ2v) is 3.32. The van der Waals surface area contributed by atoms with Crippen LogP contribution in [-0.2, 0) is 6.54 Å². The lowest BCUT2D eigenvalue weighted by Gasteiger charge is -2.12. The van der Waals surface area contributed by atoms with E-state index >= 15 is 0 Å². The lowest BCUT2D eigenvalue weighted by molar-refractivity contribution is 0.469. The van der Waals surface area contributed by atoms with Gasteiger partial charge in [-0.15, -0.1) is 0 Å². The van der Waals surface area contributed by atoms with Gasteiger partial charge in [0.15, 0.2) is 0 Å². The van der Waals surface area contributed by atoms with E-state index in [0.717, 1.165) is 16.6 Å². The molecule has 0 aliphatic carbocycles. The fourth-order valence-electron chi connectivity index (χ4n) is 1.43. The number of phenolic OH excluding ortho intramolecular Hbond substituents is 1. The minimum absolute atomic E-state index is 0.327. The number of aliphatic imine (C=N–C) groups is 1. The summed E-state index contributed by atoms with van der Waals surface area (Å²) in [4.78, 5) is 3.79. The molecule has 1 aromatic rings. The predicted molar refractivity (Wildman–Crippen MR) is 62.5 cm³/mol. The first kappa shape index (κ1) is 9.90. The molecule has 1 N–H and O–H groups in total. The molecule has 2 nitrogen and oxygen atoms in total. The Kier molecular flexibility index (Phi) is 2.81. The summed E-state index contributed by atoms with van der Waals surface area (Å²) < 4.78 is 0. The Bertz CT molecular complexity index is 350. The van der Waals surface area contributed by atoms with E-state index in [1.54, 1.807) is 6.07 Å². The molecule has 1 aromatic carbocycles. The normalized spacial score (nSPS) is 9.92. The highest BCUT2D eigenvalue weighted by Crippen LogP contribution is 2.15. The molecule has 1 rings (SSSR count). The van der Waals surface area contributed by atoms with Crippen LogP contribution in [0.5, 0.6) is 5.75 Å². The maximum atomic E-state index is 9.64. The van der Waals surface area contributed by atoms with E-state index in [4.69, 9.17) is 0 Å². The average molecular weight is 173 g/mol. The molecule has 0 radical (unpaired) electrons. The molecule has 0 atom stereocenters. The van der Waals surface area contributed by atoms with E-state index < -0.39 is 0 Å². The van der Waals surface area contributed by atoms with Gasteiger partial charge in [-0.1, -0.05) is 16.5 Å². The summed E-state index contributed by atoms with van der Waals surface area (Å²) in [5.74, 6) is 0.327. The van der Waals surface area contributed by atoms with Crippen molar-refractivity contribution >= 4 is 33.3 Å². The van der Waals surface area contributed by atoms with Crippen LogP contribution in [0.1, 0.15) is 11.1 Å². The third-order valence-electron chi connectivity index (χ3n) is 2.54. The number of aryl methyl sites for hydroxylation is 1. The van der Waals surface area contributed by atoms with Crippen molar-refractivity contribution < 1.29 is 5.11 Å². The van der Waals surface area contributed by atoms with Crippen molar-refractivity contribution in [2.24, 2.45) is 4.99 Å². The van der Waals surface area contributed by atoms with Crippen molar-refractivity contribution in [2.75, 3.05) is 0 Å². The zero-order chi connectivity index (χ0) is 10.0. The van der Waals surface area contributed by atoms with E-state index in [9.17, 15) is 5.11 Å². The monoisotopic (exact) mass is 173 g/mol. The number of hydrogen-bond acceptors (Lipinski definition) is 2. The molecule has 0 aromatic heterocycles. The first-order chi connectivity index (χ1) is 6.07. The molecule has 0 spiro atoms. The first-order valence-corrected chi connectivity index (χ1v) is 4.29. The van der Waals surface area contributed by atoms with Gasteiger partial charge in [0.1, 0.15) is 21.4 Å². The zero-order valence-corrected chi connectivity index (χ0v) is 8.39. The third-order valence-corrected chi connectivity index (χ3v) is 2.54. The van der Waals surface area contributed by atoms with Crippen LogP contribution in [0.15, 0.2) is 11.1 Å². The Morgan fingerprint density at radius 2 is 2.08 bits per heavy atom. The highest BCUT2D eigenvalue weighted by Gasteiger charge is 2.08. The molecular formula is C9H13B2NO. The molecule has 0 bridgehead atoms. The summed E-state index contributed by atoms with van der Waals surface area (Å²) in [5.41, 5.74) is 4.34. The predicted octanol–water partition coefficient (Wildman–Crippen LogP) is -1.58. The highest BCUT2D eigenvalue weighted by molar-refractivity contribution is 6.50. The van der Waals surface area contributed by atoms with E-state index in [1.165, 1.54) is 5.46 Å². The minimum Gasteiger partial charge on any atom is -0.508 e. The smallest absolute Gasteiger partial charge is 0.139 e. The van der Waals surface area contributed by atoms with Gasteiger partial charge in [-0.25, -0.2) is 0 Å². The van der Waals surface area contributed by atoms with Crippen molar-refractivity contribution in [2.45, 2.75) is 13.5 Å². The summed E-state index contributed by atoms with van der Waals surface area (Å²) in [6, 6.07) is 1.78. The van der Waals surface area contributed by atoms with Crippen molar-refractivity contribution in [3.63, 3.8) is 0 Å². The van der Waals surface area contributed by atoms with Crippen molar-refractivity contribution in [3.8, 4) is 5.75 Å². The van der Waals surface area contributed by atoms with E-state index in [0.29, 0.717) is 12.3 Å². The summed E-state index contributed by atoms with van der Waals surface area (Å²) in [6.45, 7) is 5.91. The van der Waals surface area contributed by atoms with Crippen LogP contribution in [0.25, 0.3) is 0 Å². The Labute approximate surface area is 80.5 Å². The second kappa shape index (κ2) is 3.69. The summed E-state index contributed by atoms with van der Waals surface area (Å²) in [7, 11) is 4.05. The van der Waals surface area contributed by atoms with Crippen LogP contribution < -0.4 is 10.9 Å². The molecule has 0 saturated heterocycles. The Morgan fingerprint density at radius 3 is 2.62 bits per heavy atom. The Morgan fingerprint density at radius 1 is 1.46 bits per heavy atom. The van der Waals surface area contributed by atoms with Crippen molar-refractivity contribution in [3.05, 3.63) is 17.2 Å². The van der Waals surface area contributed by atoms with Gasteiger partial charge >= 0.3 is 0 Å². The molecule has 0 saturated carbocycles. The lowest BCUT2D eigenvalue weighted by atomic mass is 9.75. The Hall–Kier alpha value is -1.18. The molecule has 66 valence electrons. The molecule has 0 aliphatic rings. The Balaban J connectivity index is 3.34. The molecule has 0 amide bonds. The van der Waals surface area contributed by atoms with Crippen LogP contribution in [0, 0.1) is 6.92 Å². The van der Waals surface area contributed by atoms with Crippen molar-refractivity contribution in [1.29, 1.82) is 0 Å². The molecule has 0 unspecified atom stereocenters. The van der Waals surface area contributed by atoms with E-state index in [-0.39, 0.29) is 0 Å². The number of hydrogen-bond donors (Lipinski definition) is 1. The van der Waals surface area contributed by atoms with E-state index in [1.807, 2.05) is 14.8 Å². The summed E-state index contributed by atoms with van der Waals surface area (Å²) in [5, 5.41) is 9.64. The fourth-order valence-corrected chi connectivity index (χ4v) is 1.43. The van der Waals surface area contributed by atoms with Gasteiger partial charge in [0, 0.05) is 5.56 Å². The van der Waals surface area contributed by atoms with Gasteiger partial charge in [-0.05, 0) is 19.7 Å². The SMILES string of the molecule is Bc1c(C)cc(O)c(CN=C)c1B. The van der Waals surface area contributed by atoms with Gasteiger partial charge in [-0.3, -0.25) is 4.99 Å². The van der Waals surface area contributed by atoms with Gasteiger partial charge in [-0.2, -0.15) is 0 Å². The number of benzene rings is 1. The lowest BCUT2D eigenvalue weighted by Crippen LogP contribution is -2.31. The van der Waals surface area contributed by atoms with Crippen LogP contribution in [-0.4, -0.2) is 27.5 Å². The largest absolute Gasteiger partial charge is 0.508 e. The summed E-state index contributed by atoms with van der Waals surface area (Å²) >= 11 is 0. The van der Waals surface area contributed by atoms with Gasteiger partial charge < -0.3 is 5.11 Å². The number of rotatable bonds is 2. The molecule has 4 heteroatoms. The molecule has 13 heavy (non-hydrogen) atoms. The number of phenols is 1. The quantitative estimate of drug-likeness (QED) is 0.424. The second-order valence-electron chi connectivity index (χ2n) is 3.32. The maximum absolute atomic E-state index is 9.64. The van der Waals surface area contributed by atoms with Gasteiger partial charge in [0.05, 0.1) is 6.54 Å². The van der Waals surface area contributed by atoms with Gasteiger partial charge in [0.2, 0.25) is 0 Å². The number of aromatic hydroxyl groups is 1. The minimum atomic E-state index is 0.327. The van der Waals surface area contributed by atoms with Gasteiger partial charge in [0.25, 0.3) is 0 Å². The number of nitrogens with zero attached hydrogens (tertiary/aromatic N) is 1. The fraction of sp³-hybridized carbons (Fsp3) is 0.222. The topological polar surface area (TPSA) is 32.6 Å².